The predicted octanol–water partition coefficient (Wildman–Crippen LogP) is 1.72. The molecular weight excluding hydrogens is 324 g/mol. The average molecular weight is 348 g/mol. The van der Waals surface area contributed by atoms with Gasteiger partial charge in [-0.15, -0.1) is 0 Å². The summed E-state index contributed by atoms with van der Waals surface area (Å²) in [5.74, 6) is -1.55. The van der Waals surface area contributed by atoms with Crippen LogP contribution in [0, 0.1) is 0 Å². The van der Waals surface area contributed by atoms with E-state index in [1.54, 1.807) is 13.8 Å². The van der Waals surface area contributed by atoms with Gasteiger partial charge in [0.15, 0.2) is 0 Å². The summed E-state index contributed by atoms with van der Waals surface area (Å²) in [4.78, 5) is 23.8. The Morgan fingerprint density at radius 3 is 2.00 bits per heavy atom. The summed E-state index contributed by atoms with van der Waals surface area (Å²) >= 11 is 0. The fourth-order valence-corrected chi connectivity index (χ4v) is 3.45. The van der Waals surface area contributed by atoms with Gasteiger partial charge in [-0.25, -0.2) is 9.59 Å². The summed E-state index contributed by atoms with van der Waals surface area (Å²) in [7, 11) is -3.68. The topological polar surface area (TPSA) is 96.0 Å². The van der Waals surface area contributed by atoms with Gasteiger partial charge in [0.2, 0.25) is 0 Å². The number of carbonyl (C=O) groups is 2. The Morgan fingerprint density at radius 1 is 1.04 bits per heavy atom. The third-order valence-corrected chi connectivity index (χ3v) is 5.06. The molecule has 1 fully saturated rings. The molecule has 132 valence electrons. The summed E-state index contributed by atoms with van der Waals surface area (Å²) in [6.07, 6.45) is 1.66. The molecule has 0 bridgehead atoms. The highest BCUT2D eigenvalue weighted by Crippen LogP contribution is 2.36. The second kappa shape index (κ2) is 9.02. The van der Waals surface area contributed by atoms with Crippen LogP contribution in [0.4, 0.5) is 0 Å². The van der Waals surface area contributed by atoms with Gasteiger partial charge in [-0.05, 0) is 38.7 Å². The standard InChI is InChI=1S/C15H24O7S/c1-4-7-8-22-23(18,19)12-9-11(10-12)13(14(16)20-5-2)15(17)21-6-3/h12H,4-10H2,1-3H3. The normalized spacial score (nSPS) is 17.3. The number of esters is 2. The molecule has 0 atom stereocenters. The van der Waals surface area contributed by atoms with Gasteiger partial charge in [-0.3, -0.25) is 4.18 Å². The van der Waals surface area contributed by atoms with Crippen LogP contribution < -0.4 is 0 Å². The molecule has 1 saturated carbocycles. The van der Waals surface area contributed by atoms with Crippen LogP contribution in [0.3, 0.4) is 0 Å². The number of rotatable bonds is 9. The van der Waals surface area contributed by atoms with Crippen molar-refractivity contribution in [3.63, 3.8) is 0 Å². The number of hydrogen-bond donors (Lipinski definition) is 0. The number of unbranched alkanes of at least 4 members (excludes halogenated alkanes) is 1. The molecule has 0 aromatic rings. The average Bonchev–Trinajstić information content (AvgIpc) is 2.42. The molecule has 1 aliphatic carbocycles. The number of ether oxygens (including phenoxy) is 2. The second-order valence-electron chi connectivity index (χ2n) is 5.12. The Balaban J connectivity index is 2.81. The van der Waals surface area contributed by atoms with Gasteiger partial charge in [-0.1, -0.05) is 13.3 Å². The van der Waals surface area contributed by atoms with E-state index in [-0.39, 0.29) is 38.2 Å². The first kappa shape index (κ1) is 19.6. The number of hydrogen-bond acceptors (Lipinski definition) is 7. The highest BCUT2D eigenvalue weighted by atomic mass is 32.2. The van der Waals surface area contributed by atoms with Crippen molar-refractivity contribution in [3.05, 3.63) is 11.1 Å². The first-order valence-electron chi connectivity index (χ1n) is 7.81. The minimum absolute atomic E-state index is 0.0847. The summed E-state index contributed by atoms with van der Waals surface area (Å²) < 4.78 is 38.6. The smallest absolute Gasteiger partial charge is 0.345 e. The third kappa shape index (κ3) is 5.31. The van der Waals surface area contributed by atoms with Crippen molar-refractivity contribution in [2.75, 3.05) is 19.8 Å². The van der Waals surface area contributed by atoms with Crippen molar-refractivity contribution in [1.29, 1.82) is 0 Å². The maximum absolute atomic E-state index is 12.0. The molecule has 0 unspecified atom stereocenters. The van der Waals surface area contributed by atoms with Gasteiger partial charge in [0.05, 0.1) is 25.1 Å². The largest absolute Gasteiger partial charge is 0.462 e. The molecule has 1 aliphatic rings. The quantitative estimate of drug-likeness (QED) is 0.156. The van der Waals surface area contributed by atoms with Crippen LogP contribution in [0.5, 0.6) is 0 Å². The highest BCUT2D eigenvalue weighted by molar-refractivity contribution is 7.87. The van der Waals surface area contributed by atoms with E-state index < -0.39 is 27.3 Å². The zero-order valence-electron chi connectivity index (χ0n) is 13.8. The second-order valence-corrected chi connectivity index (χ2v) is 7.01. The van der Waals surface area contributed by atoms with Gasteiger partial charge in [0.1, 0.15) is 5.57 Å². The molecule has 0 spiro atoms. The molecule has 0 aromatic carbocycles. The molecule has 0 aliphatic heterocycles. The maximum Gasteiger partial charge on any atom is 0.345 e. The highest BCUT2D eigenvalue weighted by Gasteiger charge is 2.40. The first-order chi connectivity index (χ1) is 10.9. The molecule has 0 aromatic heterocycles. The van der Waals surface area contributed by atoms with Crippen LogP contribution in [0.1, 0.15) is 46.5 Å². The third-order valence-electron chi connectivity index (χ3n) is 3.41. The van der Waals surface area contributed by atoms with E-state index in [1.807, 2.05) is 6.92 Å². The summed E-state index contributed by atoms with van der Waals surface area (Å²) in [6.45, 7) is 5.58. The van der Waals surface area contributed by atoms with Crippen LogP contribution in [-0.2, 0) is 33.4 Å². The Bertz CT molecular complexity index is 534. The molecule has 8 heteroatoms. The molecular formula is C15H24O7S. The van der Waals surface area contributed by atoms with Crippen LogP contribution >= 0.6 is 0 Å². The zero-order valence-corrected chi connectivity index (χ0v) is 14.6. The van der Waals surface area contributed by atoms with Gasteiger partial charge in [-0.2, -0.15) is 8.42 Å². The van der Waals surface area contributed by atoms with Gasteiger partial charge in [0, 0.05) is 0 Å². The minimum atomic E-state index is -3.68. The van der Waals surface area contributed by atoms with Crippen LogP contribution in [0.15, 0.2) is 11.1 Å². The molecule has 0 saturated heterocycles. The van der Waals surface area contributed by atoms with E-state index in [0.29, 0.717) is 12.0 Å². The zero-order chi connectivity index (χ0) is 17.5. The SMILES string of the molecule is CCCCOS(=O)(=O)C1CC(=C(C(=O)OCC)C(=O)OCC)C1. The van der Waals surface area contributed by atoms with Crippen LogP contribution in [0.2, 0.25) is 0 Å². The predicted molar refractivity (Wildman–Crippen MR) is 83.1 cm³/mol. The molecule has 0 amide bonds. The lowest BCUT2D eigenvalue weighted by atomic mass is 9.87. The Labute approximate surface area is 137 Å². The summed E-state index contributed by atoms with van der Waals surface area (Å²) in [5.41, 5.74) is 0.253. The van der Waals surface area contributed by atoms with Crippen molar-refractivity contribution >= 4 is 22.1 Å². The van der Waals surface area contributed by atoms with Crippen molar-refractivity contribution in [1.82, 2.24) is 0 Å². The van der Waals surface area contributed by atoms with E-state index in [9.17, 15) is 18.0 Å². The van der Waals surface area contributed by atoms with Crippen LogP contribution in [0.25, 0.3) is 0 Å². The van der Waals surface area contributed by atoms with Crippen molar-refractivity contribution in [2.24, 2.45) is 0 Å². The number of allylic oxidation sites excluding steroid dienone is 1. The van der Waals surface area contributed by atoms with E-state index in [0.717, 1.165) is 6.42 Å². The molecule has 0 radical (unpaired) electrons. The van der Waals surface area contributed by atoms with E-state index in [2.05, 4.69) is 0 Å². The first-order valence-corrected chi connectivity index (χ1v) is 9.28. The van der Waals surface area contributed by atoms with Gasteiger partial charge < -0.3 is 9.47 Å². The van der Waals surface area contributed by atoms with Gasteiger partial charge >= 0.3 is 11.9 Å². The molecule has 23 heavy (non-hydrogen) atoms. The summed E-state index contributed by atoms with van der Waals surface area (Å²) in [6, 6.07) is 0. The Hall–Kier alpha value is -1.41. The van der Waals surface area contributed by atoms with Crippen molar-refractivity contribution in [3.8, 4) is 0 Å². The molecule has 0 heterocycles. The summed E-state index contributed by atoms with van der Waals surface area (Å²) in [5, 5.41) is -0.729. The lowest BCUT2D eigenvalue weighted by molar-refractivity contribution is -0.146. The van der Waals surface area contributed by atoms with E-state index in [4.69, 9.17) is 13.7 Å². The lowest BCUT2D eigenvalue weighted by Gasteiger charge is -2.29. The molecule has 1 rings (SSSR count). The maximum atomic E-state index is 12.0. The Kier molecular flexibility index (Phi) is 7.70. The van der Waals surface area contributed by atoms with E-state index >= 15 is 0 Å². The van der Waals surface area contributed by atoms with Crippen LogP contribution in [-0.4, -0.2) is 45.4 Å². The Morgan fingerprint density at radius 2 is 1.57 bits per heavy atom. The van der Waals surface area contributed by atoms with E-state index in [1.165, 1.54) is 0 Å². The fraction of sp³-hybridized carbons (Fsp3) is 0.733. The lowest BCUT2D eigenvalue weighted by Crippen LogP contribution is -2.35. The molecule has 0 N–H and O–H groups in total. The van der Waals surface area contributed by atoms with Gasteiger partial charge in [0.25, 0.3) is 10.1 Å². The number of carbonyl (C=O) groups excluding carboxylic acids is 2. The molecule has 7 nitrogen and oxygen atoms in total. The van der Waals surface area contributed by atoms with Crippen molar-refractivity contribution < 1.29 is 31.7 Å². The van der Waals surface area contributed by atoms with Crippen molar-refractivity contribution in [2.45, 2.75) is 51.7 Å². The fourth-order valence-electron chi connectivity index (χ4n) is 2.09. The monoisotopic (exact) mass is 348 g/mol. The minimum Gasteiger partial charge on any atom is -0.462 e.